The molecule has 3 heteroatoms. The Morgan fingerprint density at radius 2 is 1.76 bits per heavy atom. The van der Waals surface area contributed by atoms with Gasteiger partial charge in [0.15, 0.2) is 0 Å². The topological polar surface area (TPSA) is 38.3 Å². The van der Waals surface area contributed by atoms with Crippen LogP contribution in [0.25, 0.3) is 0 Å². The number of hydrogen-bond donors (Lipinski definition) is 1. The van der Waals surface area contributed by atoms with Gasteiger partial charge in [-0.3, -0.25) is 4.79 Å². The Kier molecular flexibility index (Phi) is 4.99. The predicted molar refractivity (Wildman–Crippen MR) is 85.1 cm³/mol. The Bertz CT molecular complexity index is 615. The molecule has 21 heavy (non-hydrogen) atoms. The van der Waals surface area contributed by atoms with E-state index in [4.69, 9.17) is 4.74 Å². The van der Waals surface area contributed by atoms with Crippen LogP contribution in [0.2, 0.25) is 0 Å². The van der Waals surface area contributed by atoms with Crippen molar-refractivity contribution in [3.05, 3.63) is 59.2 Å². The van der Waals surface area contributed by atoms with Crippen molar-refractivity contribution in [3.63, 3.8) is 0 Å². The minimum atomic E-state index is -0.0669. The van der Waals surface area contributed by atoms with Gasteiger partial charge in [0.25, 0.3) is 5.91 Å². The largest absolute Gasteiger partial charge is 0.457 e. The summed E-state index contributed by atoms with van der Waals surface area (Å²) in [6.45, 7) is 6.78. The molecular formula is C18H21NO2. The van der Waals surface area contributed by atoms with E-state index in [0.717, 1.165) is 23.3 Å². The number of amides is 1. The molecule has 0 saturated carbocycles. The molecule has 110 valence electrons. The van der Waals surface area contributed by atoms with Crippen LogP contribution in [0.3, 0.4) is 0 Å². The fourth-order valence-corrected chi connectivity index (χ4v) is 2.17. The standard InChI is InChI=1S/C18H21NO2/c1-4-8-19-18(20)15-6-5-7-16(12-15)21-17-10-13(2)9-14(3)11-17/h5-7,9-12H,4,8H2,1-3H3,(H,19,20). The first kappa shape index (κ1) is 15.1. The Labute approximate surface area is 126 Å². The summed E-state index contributed by atoms with van der Waals surface area (Å²) in [6, 6.07) is 13.3. The summed E-state index contributed by atoms with van der Waals surface area (Å²) >= 11 is 0. The molecule has 3 nitrogen and oxygen atoms in total. The summed E-state index contributed by atoms with van der Waals surface area (Å²) < 4.78 is 5.86. The van der Waals surface area contributed by atoms with Gasteiger partial charge in [0, 0.05) is 12.1 Å². The fourth-order valence-electron chi connectivity index (χ4n) is 2.17. The monoisotopic (exact) mass is 283 g/mol. The molecule has 1 N–H and O–H groups in total. The molecule has 0 aliphatic rings. The molecule has 0 saturated heterocycles. The number of carbonyl (C=O) groups excluding carboxylic acids is 1. The Morgan fingerprint density at radius 3 is 2.43 bits per heavy atom. The minimum absolute atomic E-state index is 0.0669. The molecule has 0 unspecified atom stereocenters. The van der Waals surface area contributed by atoms with E-state index in [9.17, 15) is 4.79 Å². The highest BCUT2D eigenvalue weighted by Crippen LogP contribution is 2.24. The molecule has 2 aromatic rings. The van der Waals surface area contributed by atoms with Crippen LogP contribution in [0.4, 0.5) is 0 Å². The van der Waals surface area contributed by atoms with Crippen molar-refractivity contribution in [1.29, 1.82) is 0 Å². The van der Waals surface area contributed by atoms with Crippen molar-refractivity contribution in [2.24, 2.45) is 0 Å². The van der Waals surface area contributed by atoms with Crippen LogP contribution in [0.15, 0.2) is 42.5 Å². The van der Waals surface area contributed by atoms with Gasteiger partial charge < -0.3 is 10.1 Å². The molecule has 0 atom stereocenters. The molecule has 0 spiro atoms. The third kappa shape index (κ3) is 4.35. The van der Waals surface area contributed by atoms with Crippen LogP contribution in [-0.2, 0) is 0 Å². The van der Waals surface area contributed by atoms with Gasteiger partial charge >= 0.3 is 0 Å². The normalized spacial score (nSPS) is 10.2. The fraction of sp³-hybridized carbons (Fsp3) is 0.278. The number of rotatable bonds is 5. The van der Waals surface area contributed by atoms with Crippen molar-refractivity contribution in [3.8, 4) is 11.5 Å². The van der Waals surface area contributed by atoms with E-state index in [0.29, 0.717) is 17.9 Å². The van der Waals surface area contributed by atoms with Crippen LogP contribution < -0.4 is 10.1 Å². The number of aryl methyl sites for hydroxylation is 2. The molecule has 0 aliphatic carbocycles. The zero-order valence-corrected chi connectivity index (χ0v) is 12.8. The Hall–Kier alpha value is -2.29. The number of ether oxygens (including phenoxy) is 1. The molecule has 0 heterocycles. The SMILES string of the molecule is CCCNC(=O)c1cccc(Oc2cc(C)cc(C)c2)c1. The van der Waals surface area contributed by atoms with Crippen LogP contribution in [0.5, 0.6) is 11.5 Å². The van der Waals surface area contributed by atoms with Gasteiger partial charge in [-0.15, -0.1) is 0 Å². The van der Waals surface area contributed by atoms with Crippen molar-refractivity contribution in [2.75, 3.05) is 6.54 Å². The first-order valence-electron chi connectivity index (χ1n) is 7.23. The number of nitrogens with one attached hydrogen (secondary N) is 1. The molecule has 2 rings (SSSR count). The lowest BCUT2D eigenvalue weighted by Crippen LogP contribution is -2.23. The Balaban J connectivity index is 2.15. The average Bonchev–Trinajstić information content (AvgIpc) is 2.44. The average molecular weight is 283 g/mol. The van der Waals surface area contributed by atoms with E-state index < -0.39 is 0 Å². The third-order valence-corrected chi connectivity index (χ3v) is 3.06. The maximum Gasteiger partial charge on any atom is 0.251 e. The van der Waals surface area contributed by atoms with Gasteiger partial charge in [-0.05, 0) is 61.7 Å². The van der Waals surface area contributed by atoms with Crippen LogP contribution in [0.1, 0.15) is 34.8 Å². The predicted octanol–water partition coefficient (Wildman–Crippen LogP) is 4.24. The first-order chi connectivity index (χ1) is 10.1. The van der Waals surface area contributed by atoms with Gasteiger partial charge in [-0.25, -0.2) is 0 Å². The van der Waals surface area contributed by atoms with Gasteiger partial charge in [0.05, 0.1) is 0 Å². The zero-order valence-electron chi connectivity index (χ0n) is 12.8. The van der Waals surface area contributed by atoms with Gasteiger partial charge in [-0.1, -0.05) is 19.1 Å². The Morgan fingerprint density at radius 1 is 1.05 bits per heavy atom. The lowest BCUT2D eigenvalue weighted by molar-refractivity contribution is 0.0953. The smallest absolute Gasteiger partial charge is 0.251 e. The van der Waals surface area contributed by atoms with Crippen LogP contribution >= 0.6 is 0 Å². The lowest BCUT2D eigenvalue weighted by Gasteiger charge is -2.09. The number of carbonyl (C=O) groups is 1. The van der Waals surface area contributed by atoms with E-state index in [-0.39, 0.29) is 5.91 Å². The van der Waals surface area contributed by atoms with Crippen molar-refractivity contribution < 1.29 is 9.53 Å². The second-order valence-electron chi connectivity index (χ2n) is 5.21. The second kappa shape index (κ2) is 6.93. The van der Waals surface area contributed by atoms with E-state index >= 15 is 0 Å². The van der Waals surface area contributed by atoms with Crippen molar-refractivity contribution in [1.82, 2.24) is 5.32 Å². The summed E-state index contributed by atoms with van der Waals surface area (Å²) in [6.07, 6.45) is 0.921. The third-order valence-electron chi connectivity index (χ3n) is 3.06. The summed E-state index contributed by atoms with van der Waals surface area (Å²) in [5.41, 5.74) is 2.93. The van der Waals surface area contributed by atoms with Gasteiger partial charge in [-0.2, -0.15) is 0 Å². The highest BCUT2D eigenvalue weighted by molar-refractivity contribution is 5.94. The molecule has 0 aromatic heterocycles. The number of benzene rings is 2. The molecule has 0 radical (unpaired) electrons. The van der Waals surface area contributed by atoms with E-state index in [1.54, 1.807) is 12.1 Å². The highest BCUT2D eigenvalue weighted by atomic mass is 16.5. The summed E-state index contributed by atoms with van der Waals surface area (Å²) in [5.74, 6) is 1.39. The quantitative estimate of drug-likeness (QED) is 0.891. The second-order valence-corrected chi connectivity index (χ2v) is 5.21. The molecule has 0 bridgehead atoms. The van der Waals surface area contributed by atoms with Gasteiger partial charge in [0.2, 0.25) is 0 Å². The van der Waals surface area contributed by atoms with Gasteiger partial charge in [0.1, 0.15) is 11.5 Å². The molecule has 0 fully saturated rings. The van der Waals surface area contributed by atoms with E-state index in [1.165, 1.54) is 0 Å². The first-order valence-corrected chi connectivity index (χ1v) is 7.23. The zero-order chi connectivity index (χ0) is 15.2. The molecule has 2 aromatic carbocycles. The van der Waals surface area contributed by atoms with E-state index in [1.807, 2.05) is 45.0 Å². The lowest BCUT2D eigenvalue weighted by atomic mass is 10.1. The molecular weight excluding hydrogens is 262 g/mol. The number of hydrogen-bond acceptors (Lipinski definition) is 2. The van der Waals surface area contributed by atoms with Crippen LogP contribution in [-0.4, -0.2) is 12.5 Å². The minimum Gasteiger partial charge on any atom is -0.457 e. The van der Waals surface area contributed by atoms with Crippen molar-refractivity contribution >= 4 is 5.91 Å². The molecule has 1 amide bonds. The summed E-state index contributed by atoms with van der Waals surface area (Å²) in [5, 5.41) is 2.86. The maximum absolute atomic E-state index is 11.9. The summed E-state index contributed by atoms with van der Waals surface area (Å²) in [7, 11) is 0. The van der Waals surface area contributed by atoms with Crippen molar-refractivity contribution in [2.45, 2.75) is 27.2 Å². The highest BCUT2D eigenvalue weighted by Gasteiger charge is 2.06. The van der Waals surface area contributed by atoms with E-state index in [2.05, 4.69) is 11.4 Å². The van der Waals surface area contributed by atoms with Crippen LogP contribution in [0, 0.1) is 13.8 Å². The molecule has 0 aliphatic heterocycles. The maximum atomic E-state index is 11.9. The summed E-state index contributed by atoms with van der Waals surface area (Å²) in [4.78, 5) is 11.9.